The minimum atomic E-state index is -0.114. The first kappa shape index (κ1) is 19.6. The Balaban J connectivity index is 1.93. The monoisotopic (exact) mass is 348 g/mol. The maximum Gasteiger partial charge on any atom is 0.321 e. The fourth-order valence-electron chi connectivity index (χ4n) is 3.01. The van der Waals surface area contributed by atoms with Crippen LogP contribution < -0.4 is 10.1 Å². The predicted molar refractivity (Wildman–Crippen MR) is 102 cm³/mol. The molecule has 0 spiro atoms. The van der Waals surface area contributed by atoms with Gasteiger partial charge in [0.15, 0.2) is 0 Å². The van der Waals surface area contributed by atoms with Crippen molar-refractivity contribution in [2.24, 2.45) is 0 Å². The number of amides is 2. The first-order valence-electron chi connectivity index (χ1n) is 9.13. The molecule has 1 N–H and O–H groups in total. The molecule has 1 atom stereocenters. The SMILES string of the molecule is COc1ccc(C(C)(C)C)cc1NC(=O)N(C)CCC[C@H]1CCCO1. The van der Waals surface area contributed by atoms with E-state index in [0.29, 0.717) is 24.1 Å². The third-order valence-electron chi connectivity index (χ3n) is 4.70. The van der Waals surface area contributed by atoms with Crippen molar-refractivity contribution in [3.05, 3.63) is 23.8 Å². The van der Waals surface area contributed by atoms with Crippen LogP contribution in [0, 0.1) is 0 Å². The number of rotatable bonds is 6. The fraction of sp³-hybridized carbons (Fsp3) is 0.650. The lowest BCUT2D eigenvalue weighted by Crippen LogP contribution is -2.32. The summed E-state index contributed by atoms with van der Waals surface area (Å²) in [4.78, 5) is 14.2. The summed E-state index contributed by atoms with van der Waals surface area (Å²) in [5.41, 5.74) is 1.88. The lowest BCUT2D eigenvalue weighted by Gasteiger charge is -2.23. The van der Waals surface area contributed by atoms with Gasteiger partial charge in [0.2, 0.25) is 0 Å². The number of anilines is 1. The second kappa shape index (κ2) is 8.56. The summed E-state index contributed by atoms with van der Waals surface area (Å²) in [5, 5.41) is 2.98. The molecule has 0 bridgehead atoms. The summed E-state index contributed by atoms with van der Waals surface area (Å²) in [5.74, 6) is 0.675. The Hall–Kier alpha value is -1.75. The van der Waals surface area contributed by atoms with E-state index in [9.17, 15) is 4.79 Å². The smallest absolute Gasteiger partial charge is 0.321 e. The molecule has 1 aromatic rings. The van der Waals surface area contributed by atoms with E-state index in [-0.39, 0.29) is 11.4 Å². The molecule has 0 saturated carbocycles. The number of carbonyl (C=O) groups excluding carboxylic acids is 1. The summed E-state index contributed by atoms with van der Waals surface area (Å²) in [6, 6.07) is 5.83. The molecule has 1 fully saturated rings. The van der Waals surface area contributed by atoms with Crippen molar-refractivity contribution < 1.29 is 14.3 Å². The van der Waals surface area contributed by atoms with Gasteiger partial charge >= 0.3 is 6.03 Å². The molecule has 25 heavy (non-hydrogen) atoms. The zero-order chi connectivity index (χ0) is 18.4. The van der Waals surface area contributed by atoms with E-state index in [0.717, 1.165) is 37.9 Å². The van der Waals surface area contributed by atoms with Gasteiger partial charge in [0.1, 0.15) is 5.75 Å². The Kier molecular flexibility index (Phi) is 6.71. The second-order valence-electron chi connectivity index (χ2n) is 7.79. The first-order chi connectivity index (χ1) is 11.8. The Bertz CT molecular complexity index is 575. The predicted octanol–water partition coefficient (Wildman–Crippen LogP) is 4.42. The van der Waals surface area contributed by atoms with Crippen molar-refractivity contribution in [3.8, 4) is 5.75 Å². The molecule has 1 heterocycles. The highest BCUT2D eigenvalue weighted by atomic mass is 16.5. The van der Waals surface area contributed by atoms with Crippen LogP contribution in [-0.2, 0) is 10.2 Å². The van der Waals surface area contributed by atoms with Gasteiger partial charge in [0, 0.05) is 20.2 Å². The Morgan fingerprint density at radius 1 is 1.40 bits per heavy atom. The van der Waals surface area contributed by atoms with Crippen LogP contribution in [0.3, 0.4) is 0 Å². The minimum absolute atomic E-state index is 0.0128. The standard InChI is InChI=1S/C20H32N2O3/c1-20(2,3)15-10-11-18(24-5)17(14-15)21-19(23)22(4)12-6-8-16-9-7-13-25-16/h10-11,14,16H,6-9,12-13H2,1-5H3,(H,21,23)/t16-/m0/s1. The zero-order valence-corrected chi connectivity index (χ0v) is 16.2. The molecule has 0 aromatic heterocycles. The number of methoxy groups -OCH3 is 1. The van der Waals surface area contributed by atoms with Crippen molar-refractivity contribution in [3.63, 3.8) is 0 Å². The van der Waals surface area contributed by atoms with Crippen LogP contribution in [0.25, 0.3) is 0 Å². The zero-order valence-electron chi connectivity index (χ0n) is 16.2. The van der Waals surface area contributed by atoms with E-state index in [2.05, 4.69) is 26.1 Å². The highest BCUT2D eigenvalue weighted by Crippen LogP contribution is 2.31. The number of benzene rings is 1. The van der Waals surface area contributed by atoms with Gasteiger partial charge in [-0.2, -0.15) is 0 Å². The van der Waals surface area contributed by atoms with Gasteiger partial charge in [-0.25, -0.2) is 4.79 Å². The fourth-order valence-corrected chi connectivity index (χ4v) is 3.01. The molecular formula is C20H32N2O3. The lowest BCUT2D eigenvalue weighted by atomic mass is 9.87. The average Bonchev–Trinajstić information content (AvgIpc) is 3.07. The number of nitrogens with zero attached hydrogens (tertiary/aromatic N) is 1. The number of urea groups is 1. The summed E-state index contributed by atoms with van der Waals surface area (Å²) in [7, 11) is 3.44. The van der Waals surface area contributed by atoms with E-state index in [1.54, 1.807) is 12.0 Å². The summed E-state index contributed by atoms with van der Waals surface area (Å²) in [6.45, 7) is 8.05. The van der Waals surface area contributed by atoms with Crippen LogP contribution in [0.1, 0.15) is 52.0 Å². The van der Waals surface area contributed by atoms with Crippen molar-refractivity contribution in [2.75, 3.05) is 32.6 Å². The summed E-state index contributed by atoms with van der Waals surface area (Å²) < 4.78 is 11.0. The van der Waals surface area contributed by atoms with Crippen molar-refractivity contribution in [1.29, 1.82) is 0 Å². The van der Waals surface area contributed by atoms with Crippen LogP contribution >= 0.6 is 0 Å². The molecule has 0 radical (unpaired) electrons. The molecule has 0 unspecified atom stereocenters. The first-order valence-corrected chi connectivity index (χ1v) is 9.13. The molecule has 1 aliphatic rings. The Morgan fingerprint density at radius 3 is 2.76 bits per heavy atom. The second-order valence-corrected chi connectivity index (χ2v) is 7.79. The molecule has 140 valence electrons. The topological polar surface area (TPSA) is 50.8 Å². The van der Waals surface area contributed by atoms with Crippen molar-refractivity contribution in [1.82, 2.24) is 4.90 Å². The number of nitrogens with one attached hydrogen (secondary N) is 1. The molecule has 1 aromatic carbocycles. The molecule has 2 amide bonds. The van der Waals surface area contributed by atoms with Gasteiger partial charge < -0.3 is 19.7 Å². The van der Waals surface area contributed by atoms with Gasteiger partial charge in [0.05, 0.1) is 18.9 Å². The minimum Gasteiger partial charge on any atom is -0.495 e. The molecule has 2 rings (SSSR count). The van der Waals surface area contributed by atoms with E-state index in [1.165, 1.54) is 0 Å². The third-order valence-corrected chi connectivity index (χ3v) is 4.70. The van der Waals surface area contributed by atoms with Gasteiger partial charge in [-0.1, -0.05) is 26.8 Å². The number of hydrogen-bond donors (Lipinski definition) is 1. The highest BCUT2D eigenvalue weighted by molar-refractivity contribution is 5.91. The van der Waals surface area contributed by atoms with Gasteiger partial charge in [-0.15, -0.1) is 0 Å². The highest BCUT2D eigenvalue weighted by Gasteiger charge is 2.19. The van der Waals surface area contributed by atoms with E-state index < -0.39 is 0 Å². The van der Waals surface area contributed by atoms with E-state index >= 15 is 0 Å². The maximum absolute atomic E-state index is 12.5. The van der Waals surface area contributed by atoms with Gasteiger partial charge in [-0.05, 0) is 48.8 Å². The molecular weight excluding hydrogens is 316 g/mol. The van der Waals surface area contributed by atoms with Crippen LogP contribution in [-0.4, -0.2) is 44.3 Å². The van der Waals surface area contributed by atoms with E-state index in [4.69, 9.17) is 9.47 Å². The summed E-state index contributed by atoms with van der Waals surface area (Å²) in [6.07, 6.45) is 4.64. The molecule has 5 nitrogen and oxygen atoms in total. The molecule has 0 aliphatic carbocycles. The van der Waals surface area contributed by atoms with Crippen LogP contribution in [0.5, 0.6) is 5.75 Å². The van der Waals surface area contributed by atoms with Crippen molar-refractivity contribution >= 4 is 11.7 Å². The quantitative estimate of drug-likeness (QED) is 0.828. The van der Waals surface area contributed by atoms with E-state index in [1.807, 2.05) is 25.2 Å². The Morgan fingerprint density at radius 2 is 2.16 bits per heavy atom. The normalized spacial score (nSPS) is 17.4. The number of hydrogen-bond acceptors (Lipinski definition) is 3. The van der Waals surface area contributed by atoms with Crippen molar-refractivity contribution in [2.45, 2.75) is 58.0 Å². The van der Waals surface area contributed by atoms with Crippen LogP contribution in [0.2, 0.25) is 0 Å². The van der Waals surface area contributed by atoms with Gasteiger partial charge in [0.25, 0.3) is 0 Å². The molecule has 1 saturated heterocycles. The molecule has 5 heteroatoms. The largest absolute Gasteiger partial charge is 0.495 e. The summed E-state index contributed by atoms with van der Waals surface area (Å²) >= 11 is 0. The number of ether oxygens (including phenoxy) is 2. The van der Waals surface area contributed by atoms with Crippen LogP contribution in [0.4, 0.5) is 10.5 Å². The Labute approximate surface area is 151 Å². The maximum atomic E-state index is 12.5. The van der Waals surface area contributed by atoms with Gasteiger partial charge in [-0.3, -0.25) is 0 Å². The average molecular weight is 348 g/mol. The van der Waals surface area contributed by atoms with Crippen LogP contribution in [0.15, 0.2) is 18.2 Å². The molecule has 1 aliphatic heterocycles. The lowest BCUT2D eigenvalue weighted by molar-refractivity contribution is 0.101. The third kappa shape index (κ3) is 5.63. The number of carbonyl (C=O) groups is 1.